The Hall–Kier alpha value is -1.46. The van der Waals surface area contributed by atoms with Crippen molar-refractivity contribution in [1.82, 2.24) is 4.98 Å². The Balaban J connectivity index is 1.97. The van der Waals surface area contributed by atoms with Crippen molar-refractivity contribution < 1.29 is 0 Å². The molecule has 17 heavy (non-hydrogen) atoms. The average molecular weight is 263 g/mol. The van der Waals surface area contributed by atoms with E-state index in [0.717, 1.165) is 28.5 Å². The fraction of sp³-hybridized carbons (Fsp3) is 0.167. The van der Waals surface area contributed by atoms with Crippen LogP contribution in [0, 0.1) is 6.92 Å². The summed E-state index contributed by atoms with van der Waals surface area (Å²) >= 11 is 6.56. The molecule has 1 aromatic heterocycles. The van der Waals surface area contributed by atoms with Crippen molar-refractivity contribution in [2.45, 2.75) is 13.5 Å². The Kier molecular flexibility index (Phi) is 3.71. The Morgan fingerprint density at radius 3 is 2.65 bits per heavy atom. The van der Waals surface area contributed by atoms with Gasteiger partial charge in [0.25, 0.3) is 0 Å². The number of anilines is 1. The normalized spacial score (nSPS) is 10.2. The van der Waals surface area contributed by atoms with Crippen LogP contribution in [0.3, 0.4) is 0 Å². The molecule has 0 spiro atoms. The maximum atomic E-state index is 5.53. The van der Waals surface area contributed by atoms with Crippen molar-refractivity contribution >= 4 is 34.2 Å². The summed E-state index contributed by atoms with van der Waals surface area (Å²) < 4.78 is 0. The SMILES string of the molecule is Cc1csc(CNc2ccc(C(N)=S)cc2)n1. The number of aromatic nitrogens is 1. The van der Waals surface area contributed by atoms with Crippen molar-refractivity contribution in [2.24, 2.45) is 5.73 Å². The molecule has 0 unspecified atom stereocenters. The van der Waals surface area contributed by atoms with Gasteiger partial charge in [0, 0.05) is 22.3 Å². The first-order valence-corrected chi connectivity index (χ1v) is 6.48. The number of aryl methyl sites for hydroxylation is 1. The average Bonchev–Trinajstić information content (AvgIpc) is 2.73. The second-order valence-electron chi connectivity index (χ2n) is 3.68. The van der Waals surface area contributed by atoms with Gasteiger partial charge in [-0.2, -0.15) is 0 Å². The lowest BCUT2D eigenvalue weighted by molar-refractivity contribution is 1.08. The van der Waals surface area contributed by atoms with Gasteiger partial charge in [0.2, 0.25) is 0 Å². The minimum atomic E-state index is 0.423. The highest BCUT2D eigenvalue weighted by Gasteiger charge is 1.99. The molecule has 0 fully saturated rings. The molecular formula is C12H13N3S2. The fourth-order valence-electron chi connectivity index (χ4n) is 1.41. The Morgan fingerprint density at radius 1 is 1.41 bits per heavy atom. The van der Waals surface area contributed by atoms with Crippen LogP contribution in [-0.4, -0.2) is 9.97 Å². The molecule has 2 rings (SSSR count). The van der Waals surface area contributed by atoms with Gasteiger partial charge in [-0.15, -0.1) is 11.3 Å². The molecular weight excluding hydrogens is 250 g/mol. The van der Waals surface area contributed by atoms with Gasteiger partial charge < -0.3 is 11.1 Å². The van der Waals surface area contributed by atoms with E-state index in [4.69, 9.17) is 18.0 Å². The molecule has 1 aromatic carbocycles. The van der Waals surface area contributed by atoms with Crippen molar-refractivity contribution in [1.29, 1.82) is 0 Å². The van der Waals surface area contributed by atoms with E-state index in [9.17, 15) is 0 Å². The van der Waals surface area contributed by atoms with Gasteiger partial charge in [0.15, 0.2) is 0 Å². The zero-order valence-electron chi connectivity index (χ0n) is 9.43. The second-order valence-corrected chi connectivity index (χ2v) is 5.06. The summed E-state index contributed by atoms with van der Waals surface area (Å²) in [6.45, 7) is 2.74. The first-order valence-electron chi connectivity index (χ1n) is 5.20. The van der Waals surface area contributed by atoms with Crippen molar-refractivity contribution in [2.75, 3.05) is 5.32 Å². The quantitative estimate of drug-likeness (QED) is 0.833. The molecule has 0 atom stereocenters. The molecule has 0 saturated heterocycles. The molecule has 0 amide bonds. The lowest BCUT2D eigenvalue weighted by Crippen LogP contribution is -2.09. The first-order chi connectivity index (χ1) is 8.15. The third-order valence-corrected chi connectivity index (χ3v) is 3.48. The van der Waals surface area contributed by atoms with E-state index >= 15 is 0 Å². The van der Waals surface area contributed by atoms with Crippen LogP contribution >= 0.6 is 23.6 Å². The number of thiazole rings is 1. The van der Waals surface area contributed by atoms with Crippen LogP contribution in [-0.2, 0) is 6.54 Å². The predicted molar refractivity (Wildman–Crippen MR) is 76.5 cm³/mol. The van der Waals surface area contributed by atoms with Gasteiger partial charge in [0.05, 0.1) is 6.54 Å². The minimum Gasteiger partial charge on any atom is -0.389 e. The molecule has 0 aliphatic carbocycles. The van der Waals surface area contributed by atoms with Crippen LogP contribution in [0.2, 0.25) is 0 Å². The van der Waals surface area contributed by atoms with Crippen LogP contribution in [0.15, 0.2) is 29.6 Å². The number of nitrogens with zero attached hydrogens (tertiary/aromatic N) is 1. The number of nitrogens with two attached hydrogens (primary N) is 1. The minimum absolute atomic E-state index is 0.423. The van der Waals surface area contributed by atoms with Crippen molar-refractivity contribution in [3.05, 3.63) is 45.9 Å². The number of thiocarbonyl (C=S) groups is 1. The summed E-state index contributed by atoms with van der Waals surface area (Å²) in [6, 6.07) is 7.76. The van der Waals surface area contributed by atoms with Gasteiger partial charge in [0.1, 0.15) is 10.00 Å². The molecule has 0 aliphatic heterocycles. The molecule has 0 saturated carbocycles. The summed E-state index contributed by atoms with van der Waals surface area (Å²) in [7, 11) is 0. The molecule has 3 N–H and O–H groups in total. The van der Waals surface area contributed by atoms with Crippen LogP contribution < -0.4 is 11.1 Å². The molecule has 0 radical (unpaired) electrons. The number of rotatable bonds is 4. The van der Waals surface area contributed by atoms with E-state index < -0.39 is 0 Å². The summed E-state index contributed by atoms with van der Waals surface area (Å²) in [6.07, 6.45) is 0. The molecule has 1 heterocycles. The Labute approximate surface area is 110 Å². The largest absolute Gasteiger partial charge is 0.389 e. The Bertz CT molecular complexity index is 517. The molecule has 2 aromatic rings. The summed E-state index contributed by atoms with van der Waals surface area (Å²) in [4.78, 5) is 4.81. The zero-order chi connectivity index (χ0) is 12.3. The van der Waals surface area contributed by atoms with Crippen LogP contribution in [0.25, 0.3) is 0 Å². The number of nitrogens with one attached hydrogen (secondary N) is 1. The number of hydrogen-bond donors (Lipinski definition) is 2. The predicted octanol–water partition coefficient (Wildman–Crippen LogP) is 2.70. The highest BCUT2D eigenvalue weighted by molar-refractivity contribution is 7.80. The van der Waals surface area contributed by atoms with E-state index in [1.54, 1.807) is 11.3 Å². The van der Waals surface area contributed by atoms with Gasteiger partial charge in [-0.1, -0.05) is 12.2 Å². The first kappa shape index (κ1) is 12.0. The highest BCUT2D eigenvalue weighted by atomic mass is 32.1. The van der Waals surface area contributed by atoms with E-state index in [-0.39, 0.29) is 0 Å². The van der Waals surface area contributed by atoms with E-state index in [1.807, 2.05) is 36.6 Å². The van der Waals surface area contributed by atoms with Gasteiger partial charge in [-0.05, 0) is 31.2 Å². The molecule has 88 valence electrons. The van der Waals surface area contributed by atoms with Crippen LogP contribution in [0.5, 0.6) is 0 Å². The Morgan fingerprint density at radius 2 is 2.12 bits per heavy atom. The highest BCUT2D eigenvalue weighted by Crippen LogP contribution is 2.13. The maximum Gasteiger partial charge on any atom is 0.112 e. The smallest absolute Gasteiger partial charge is 0.112 e. The number of benzene rings is 1. The van der Waals surface area contributed by atoms with Gasteiger partial charge in [-0.3, -0.25) is 0 Å². The van der Waals surface area contributed by atoms with Gasteiger partial charge >= 0.3 is 0 Å². The third-order valence-electron chi connectivity index (χ3n) is 2.28. The van der Waals surface area contributed by atoms with E-state index in [2.05, 4.69) is 10.3 Å². The van der Waals surface area contributed by atoms with Crippen LogP contribution in [0.4, 0.5) is 5.69 Å². The summed E-state index contributed by atoms with van der Waals surface area (Å²) in [5.74, 6) is 0. The molecule has 0 aliphatic rings. The zero-order valence-corrected chi connectivity index (χ0v) is 11.1. The molecule has 0 bridgehead atoms. The molecule has 3 nitrogen and oxygen atoms in total. The number of hydrogen-bond acceptors (Lipinski definition) is 4. The maximum absolute atomic E-state index is 5.53. The summed E-state index contributed by atoms with van der Waals surface area (Å²) in [5, 5.41) is 6.44. The fourth-order valence-corrected chi connectivity index (χ4v) is 2.26. The lowest BCUT2D eigenvalue weighted by atomic mass is 10.2. The van der Waals surface area contributed by atoms with E-state index in [0.29, 0.717) is 4.99 Å². The third kappa shape index (κ3) is 3.25. The monoisotopic (exact) mass is 263 g/mol. The standard InChI is InChI=1S/C12H13N3S2/c1-8-7-17-11(15-8)6-14-10-4-2-9(3-5-10)12(13)16/h2-5,7,14H,6H2,1H3,(H2,13,16). The van der Waals surface area contributed by atoms with Crippen molar-refractivity contribution in [3.63, 3.8) is 0 Å². The second kappa shape index (κ2) is 5.25. The summed E-state index contributed by atoms with van der Waals surface area (Å²) in [5.41, 5.74) is 8.52. The molecule has 5 heteroatoms. The van der Waals surface area contributed by atoms with Crippen LogP contribution in [0.1, 0.15) is 16.3 Å². The van der Waals surface area contributed by atoms with E-state index in [1.165, 1.54) is 0 Å². The van der Waals surface area contributed by atoms with Crippen molar-refractivity contribution in [3.8, 4) is 0 Å². The lowest BCUT2D eigenvalue weighted by Gasteiger charge is -2.05. The van der Waals surface area contributed by atoms with Gasteiger partial charge in [-0.25, -0.2) is 4.98 Å². The topological polar surface area (TPSA) is 50.9 Å².